The van der Waals surface area contributed by atoms with Crippen molar-refractivity contribution in [3.05, 3.63) is 36.0 Å². The lowest BCUT2D eigenvalue weighted by atomic mass is 10.1. The molecule has 1 aromatic carbocycles. The molecule has 0 unspecified atom stereocenters. The van der Waals surface area contributed by atoms with E-state index < -0.39 is 0 Å². The van der Waals surface area contributed by atoms with Crippen LogP contribution in [0.1, 0.15) is 23.3 Å². The Labute approximate surface area is 130 Å². The van der Waals surface area contributed by atoms with Crippen molar-refractivity contribution in [2.45, 2.75) is 25.5 Å². The first-order valence-corrected chi connectivity index (χ1v) is 7.75. The Hall–Kier alpha value is -1.85. The van der Waals surface area contributed by atoms with Crippen molar-refractivity contribution in [2.75, 3.05) is 26.8 Å². The molecule has 1 aliphatic heterocycles. The normalized spacial score (nSPS) is 16.4. The first kappa shape index (κ1) is 15.1. The van der Waals surface area contributed by atoms with Gasteiger partial charge in [0.05, 0.1) is 12.7 Å². The highest BCUT2D eigenvalue weighted by atomic mass is 16.5. The van der Waals surface area contributed by atoms with E-state index in [1.54, 1.807) is 7.11 Å². The van der Waals surface area contributed by atoms with Gasteiger partial charge in [-0.3, -0.25) is 4.79 Å². The molecule has 5 nitrogen and oxygen atoms in total. The molecule has 1 amide bonds. The van der Waals surface area contributed by atoms with Crippen molar-refractivity contribution in [2.24, 2.45) is 0 Å². The minimum Gasteiger partial charge on any atom is -0.393 e. The third-order valence-electron chi connectivity index (χ3n) is 4.30. The smallest absolute Gasteiger partial charge is 0.270 e. The van der Waals surface area contributed by atoms with Crippen molar-refractivity contribution in [3.63, 3.8) is 0 Å². The summed E-state index contributed by atoms with van der Waals surface area (Å²) in [5.74, 6) is 0.0409. The second-order valence-electron chi connectivity index (χ2n) is 5.76. The van der Waals surface area contributed by atoms with Crippen LogP contribution in [0.4, 0.5) is 0 Å². The van der Waals surface area contributed by atoms with E-state index in [2.05, 4.69) is 0 Å². The number of rotatable bonds is 4. The minimum absolute atomic E-state index is 0.0409. The summed E-state index contributed by atoms with van der Waals surface area (Å²) in [6.07, 6.45) is 1.04. The molecule has 118 valence electrons. The average Bonchev–Trinajstić information content (AvgIpc) is 2.91. The summed E-state index contributed by atoms with van der Waals surface area (Å²) >= 11 is 0. The van der Waals surface area contributed by atoms with Gasteiger partial charge in [-0.2, -0.15) is 0 Å². The van der Waals surface area contributed by atoms with E-state index in [0.717, 1.165) is 10.9 Å². The highest BCUT2D eigenvalue weighted by Gasteiger charge is 2.25. The second kappa shape index (κ2) is 6.50. The van der Waals surface area contributed by atoms with Gasteiger partial charge >= 0.3 is 0 Å². The first-order valence-electron chi connectivity index (χ1n) is 7.75. The van der Waals surface area contributed by atoms with Crippen molar-refractivity contribution in [1.82, 2.24) is 9.47 Å². The molecule has 1 saturated heterocycles. The summed E-state index contributed by atoms with van der Waals surface area (Å²) in [7, 11) is 1.67. The van der Waals surface area contributed by atoms with Crippen LogP contribution in [0.2, 0.25) is 0 Å². The fraction of sp³-hybridized carbons (Fsp3) is 0.471. The van der Waals surface area contributed by atoms with Gasteiger partial charge in [0.15, 0.2) is 0 Å². The summed E-state index contributed by atoms with van der Waals surface area (Å²) in [4.78, 5) is 14.7. The Bertz CT molecular complexity index is 657. The van der Waals surface area contributed by atoms with E-state index in [9.17, 15) is 9.90 Å². The lowest BCUT2D eigenvalue weighted by Gasteiger charge is -2.29. The van der Waals surface area contributed by atoms with Crippen molar-refractivity contribution in [1.29, 1.82) is 0 Å². The number of methoxy groups -OCH3 is 1. The number of amides is 1. The molecular formula is C17H22N2O3. The molecule has 3 rings (SSSR count). The van der Waals surface area contributed by atoms with Gasteiger partial charge in [-0.05, 0) is 25.0 Å². The topological polar surface area (TPSA) is 54.7 Å². The Balaban J connectivity index is 1.92. The van der Waals surface area contributed by atoms with Gasteiger partial charge in [-0.25, -0.2) is 0 Å². The number of ether oxygens (including phenoxy) is 1. The van der Waals surface area contributed by atoms with Gasteiger partial charge in [0.25, 0.3) is 5.91 Å². The quantitative estimate of drug-likeness (QED) is 0.938. The van der Waals surface area contributed by atoms with E-state index in [4.69, 9.17) is 4.74 Å². The monoisotopic (exact) mass is 302 g/mol. The molecule has 0 radical (unpaired) electrons. The van der Waals surface area contributed by atoms with Gasteiger partial charge in [0, 0.05) is 37.6 Å². The third-order valence-corrected chi connectivity index (χ3v) is 4.30. The Kier molecular flexibility index (Phi) is 4.45. The van der Waals surface area contributed by atoms with E-state index in [1.807, 2.05) is 39.8 Å². The molecule has 0 spiro atoms. The van der Waals surface area contributed by atoms with Crippen molar-refractivity contribution < 1.29 is 14.6 Å². The predicted octanol–water partition coefficient (Wildman–Crippen LogP) is 1.88. The highest BCUT2D eigenvalue weighted by molar-refractivity contribution is 5.98. The number of carbonyl (C=O) groups excluding carboxylic acids is 1. The van der Waals surface area contributed by atoms with Crippen LogP contribution >= 0.6 is 0 Å². The zero-order valence-corrected chi connectivity index (χ0v) is 12.9. The van der Waals surface area contributed by atoms with Crippen LogP contribution in [0.15, 0.2) is 30.3 Å². The molecule has 1 aliphatic rings. The van der Waals surface area contributed by atoms with Crippen LogP contribution in [0.5, 0.6) is 0 Å². The van der Waals surface area contributed by atoms with Crippen molar-refractivity contribution in [3.8, 4) is 0 Å². The SMILES string of the molecule is COCCn1c(C(=O)N2CCC(O)CC2)cc2ccccc21. The molecule has 2 aromatic rings. The lowest BCUT2D eigenvalue weighted by Crippen LogP contribution is -2.40. The number of hydrogen-bond donors (Lipinski definition) is 1. The second-order valence-corrected chi connectivity index (χ2v) is 5.76. The lowest BCUT2D eigenvalue weighted by molar-refractivity contribution is 0.0536. The summed E-state index contributed by atoms with van der Waals surface area (Å²) in [6, 6.07) is 9.97. The molecule has 22 heavy (non-hydrogen) atoms. The highest BCUT2D eigenvalue weighted by Crippen LogP contribution is 2.22. The molecule has 1 N–H and O–H groups in total. The van der Waals surface area contributed by atoms with Gasteiger partial charge in [0.2, 0.25) is 0 Å². The molecule has 5 heteroatoms. The van der Waals surface area contributed by atoms with Gasteiger partial charge < -0.3 is 19.3 Å². The average molecular weight is 302 g/mol. The maximum atomic E-state index is 12.8. The summed E-state index contributed by atoms with van der Waals surface area (Å²) in [6.45, 7) is 2.46. The number of aromatic nitrogens is 1. The zero-order chi connectivity index (χ0) is 15.5. The first-order chi connectivity index (χ1) is 10.7. The van der Waals surface area contributed by atoms with Gasteiger partial charge in [-0.1, -0.05) is 18.2 Å². The molecule has 0 aliphatic carbocycles. The van der Waals surface area contributed by atoms with Crippen LogP contribution in [0.3, 0.4) is 0 Å². The standard InChI is InChI=1S/C17H22N2O3/c1-22-11-10-19-15-5-3-2-4-13(15)12-16(19)17(21)18-8-6-14(20)7-9-18/h2-5,12,14,20H,6-11H2,1H3. The predicted molar refractivity (Wildman–Crippen MR) is 85.0 cm³/mol. The van der Waals surface area contributed by atoms with Gasteiger partial charge in [0.1, 0.15) is 5.69 Å². The van der Waals surface area contributed by atoms with Crippen LogP contribution in [-0.4, -0.2) is 53.4 Å². The number of para-hydroxylation sites is 1. The fourth-order valence-corrected chi connectivity index (χ4v) is 3.04. The zero-order valence-electron chi connectivity index (χ0n) is 12.9. The van der Waals surface area contributed by atoms with E-state index in [0.29, 0.717) is 44.8 Å². The molecule has 1 aromatic heterocycles. The molecule has 0 atom stereocenters. The fourth-order valence-electron chi connectivity index (χ4n) is 3.04. The molecule has 1 fully saturated rings. The number of fused-ring (bicyclic) bond motifs is 1. The number of carbonyl (C=O) groups is 1. The number of aliphatic hydroxyl groups excluding tert-OH is 1. The van der Waals surface area contributed by atoms with Gasteiger partial charge in [-0.15, -0.1) is 0 Å². The number of hydrogen-bond acceptors (Lipinski definition) is 3. The van der Waals surface area contributed by atoms with E-state index in [-0.39, 0.29) is 12.0 Å². The Morgan fingerprint density at radius 2 is 2.05 bits per heavy atom. The van der Waals surface area contributed by atoms with Crippen LogP contribution in [-0.2, 0) is 11.3 Å². The summed E-state index contributed by atoms with van der Waals surface area (Å²) < 4.78 is 7.21. The van der Waals surface area contributed by atoms with Crippen LogP contribution in [0, 0.1) is 0 Å². The van der Waals surface area contributed by atoms with Crippen LogP contribution < -0.4 is 0 Å². The number of nitrogens with zero attached hydrogens (tertiary/aromatic N) is 2. The maximum absolute atomic E-state index is 12.8. The largest absolute Gasteiger partial charge is 0.393 e. The molecular weight excluding hydrogens is 280 g/mol. The van der Waals surface area contributed by atoms with Crippen molar-refractivity contribution >= 4 is 16.8 Å². The minimum atomic E-state index is -0.275. The Morgan fingerprint density at radius 3 is 2.77 bits per heavy atom. The number of piperidine rings is 1. The Morgan fingerprint density at radius 1 is 1.32 bits per heavy atom. The summed E-state index contributed by atoms with van der Waals surface area (Å²) in [5, 5.41) is 10.7. The summed E-state index contributed by atoms with van der Waals surface area (Å²) in [5.41, 5.74) is 1.76. The molecule has 0 saturated carbocycles. The molecule has 2 heterocycles. The maximum Gasteiger partial charge on any atom is 0.270 e. The third kappa shape index (κ3) is 2.87. The number of likely N-dealkylation sites (tertiary alicyclic amines) is 1. The molecule has 0 bridgehead atoms. The van der Waals surface area contributed by atoms with E-state index >= 15 is 0 Å². The number of aliphatic hydroxyl groups is 1. The van der Waals surface area contributed by atoms with Crippen LogP contribution in [0.25, 0.3) is 10.9 Å². The number of benzene rings is 1. The van der Waals surface area contributed by atoms with E-state index in [1.165, 1.54) is 0 Å².